The van der Waals surface area contributed by atoms with E-state index in [9.17, 15) is 4.79 Å². The first kappa shape index (κ1) is 13.3. The number of fused-ring (bicyclic) bond motifs is 1. The molecule has 0 saturated carbocycles. The van der Waals surface area contributed by atoms with Gasteiger partial charge in [0.2, 0.25) is 0 Å². The highest BCUT2D eigenvalue weighted by Gasteiger charge is 2.08. The van der Waals surface area contributed by atoms with Gasteiger partial charge in [-0.05, 0) is 46.8 Å². The summed E-state index contributed by atoms with van der Waals surface area (Å²) in [6.07, 6.45) is 0. The fourth-order valence-electron chi connectivity index (χ4n) is 2.19. The van der Waals surface area contributed by atoms with Crippen molar-refractivity contribution in [1.29, 1.82) is 5.41 Å². The SMILES string of the molecule is N=C(N)c1cc2cc(-c3cccc(C(=O)O)c3)ccc2s1. The quantitative estimate of drug-likeness (QED) is 0.510. The smallest absolute Gasteiger partial charge is 0.335 e. The Morgan fingerprint density at radius 1 is 1.10 bits per heavy atom. The van der Waals surface area contributed by atoms with Gasteiger partial charge in [0, 0.05) is 4.70 Å². The fourth-order valence-corrected chi connectivity index (χ4v) is 3.09. The van der Waals surface area contributed by atoms with Gasteiger partial charge < -0.3 is 10.8 Å². The summed E-state index contributed by atoms with van der Waals surface area (Å²) in [6, 6.07) is 14.6. The molecule has 0 aliphatic heterocycles. The molecule has 2 aromatic carbocycles. The Labute approximate surface area is 125 Å². The van der Waals surface area contributed by atoms with Crippen LogP contribution in [0.25, 0.3) is 21.2 Å². The molecule has 5 heteroatoms. The molecule has 3 aromatic rings. The minimum Gasteiger partial charge on any atom is -0.478 e. The second kappa shape index (κ2) is 5.03. The van der Waals surface area contributed by atoms with E-state index in [2.05, 4.69) is 0 Å². The number of aromatic carboxylic acids is 1. The van der Waals surface area contributed by atoms with Gasteiger partial charge >= 0.3 is 5.97 Å². The predicted octanol–water partition coefficient (Wildman–Crippen LogP) is 3.55. The Morgan fingerprint density at radius 3 is 2.57 bits per heavy atom. The average molecular weight is 296 g/mol. The molecule has 0 amide bonds. The first-order valence-electron chi connectivity index (χ1n) is 6.26. The molecule has 4 nitrogen and oxygen atoms in total. The molecule has 104 valence electrons. The minimum atomic E-state index is -0.938. The van der Waals surface area contributed by atoms with Crippen LogP contribution in [-0.4, -0.2) is 16.9 Å². The molecule has 0 radical (unpaired) electrons. The van der Waals surface area contributed by atoms with Crippen LogP contribution in [0.1, 0.15) is 15.2 Å². The number of hydrogen-bond acceptors (Lipinski definition) is 3. The molecule has 0 spiro atoms. The van der Waals surface area contributed by atoms with E-state index in [-0.39, 0.29) is 11.4 Å². The molecule has 21 heavy (non-hydrogen) atoms. The molecule has 1 heterocycles. The maximum Gasteiger partial charge on any atom is 0.335 e. The van der Waals surface area contributed by atoms with Crippen LogP contribution in [0, 0.1) is 5.41 Å². The third-order valence-corrected chi connectivity index (χ3v) is 4.37. The van der Waals surface area contributed by atoms with E-state index in [1.54, 1.807) is 18.2 Å². The number of nitrogens with two attached hydrogens (primary N) is 1. The molecule has 0 aliphatic rings. The first-order chi connectivity index (χ1) is 10.0. The maximum absolute atomic E-state index is 11.0. The van der Waals surface area contributed by atoms with Crippen LogP contribution in [0.3, 0.4) is 0 Å². The summed E-state index contributed by atoms with van der Waals surface area (Å²) in [4.78, 5) is 11.8. The Kier molecular flexibility index (Phi) is 3.19. The number of hydrogen-bond donors (Lipinski definition) is 3. The van der Waals surface area contributed by atoms with Crippen molar-refractivity contribution in [3.63, 3.8) is 0 Å². The van der Waals surface area contributed by atoms with Crippen molar-refractivity contribution in [2.24, 2.45) is 5.73 Å². The molecule has 0 unspecified atom stereocenters. The summed E-state index contributed by atoms with van der Waals surface area (Å²) in [5, 5.41) is 17.5. The molecule has 0 saturated heterocycles. The normalized spacial score (nSPS) is 10.7. The Hall–Kier alpha value is -2.66. The number of benzene rings is 2. The van der Waals surface area contributed by atoms with Gasteiger partial charge in [0.15, 0.2) is 0 Å². The van der Waals surface area contributed by atoms with Crippen LogP contribution >= 0.6 is 11.3 Å². The lowest BCUT2D eigenvalue weighted by atomic mass is 10.0. The van der Waals surface area contributed by atoms with E-state index in [0.717, 1.165) is 26.1 Å². The number of nitrogen functional groups attached to an aromatic ring is 1. The standard InChI is InChI=1S/C16H12N2O2S/c17-15(18)14-8-12-7-10(4-5-13(12)21-14)9-2-1-3-11(6-9)16(19)20/h1-8H,(H3,17,18)(H,19,20). The zero-order valence-corrected chi connectivity index (χ0v) is 11.8. The highest BCUT2D eigenvalue weighted by molar-refractivity contribution is 7.20. The van der Waals surface area contributed by atoms with Gasteiger partial charge in [0.05, 0.1) is 10.4 Å². The number of nitrogens with one attached hydrogen (secondary N) is 1. The summed E-state index contributed by atoms with van der Waals surface area (Å²) < 4.78 is 1.05. The van der Waals surface area contributed by atoms with Gasteiger partial charge in [-0.15, -0.1) is 11.3 Å². The molecule has 0 aliphatic carbocycles. The molecule has 0 bridgehead atoms. The third-order valence-electron chi connectivity index (χ3n) is 3.22. The topological polar surface area (TPSA) is 87.2 Å². The van der Waals surface area contributed by atoms with Crippen LogP contribution in [0.15, 0.2) is 48.5 Å². The van der Waals surface area contributed by atoms with Crippen LogP contribution in [0.4, 0.5) is 0 Å². The highest BCUT2D eigenvalue weighted by atomic mass is 32.1. The number of carboxylic acid groups (broad SMARTS) is 1. The molecule has 1 aromatic heterocycles. The van der Waals surface area contributed by atoms with E-state index in [1.807, 2.05) is 30.3 Å². The monoisotopic (exact) mass is 296 g/mol. The van der Waals surface area contributed by atoms with Crippen LogP contribution in [0.5, 0.6) is 0 Å². The number of carbonyl (C=O) groups is 1. The molecule has 0 atom stereocenters. The van der Waals surface area contributed by atoms with Crippen LogP contribution in [0.2, 0.25) is 0 Å². The van der Waals surface area contributed by atoms with Crippen LogP contribution in [-0.2, 0) is 0 Å². The van der Waals surface area contributed by atoms with Crippen LogP contribution < -0.4 is 5.73 Å². The zero-order valence-electron chi connectivity index (χ0n) is 11.0. The second-order valence-electron chi connectivity index (χ2n) is 4.66. The van der Waals surface area contributed by atoms with Crippen molar-refractivity contribution >= 4 is 33.2 Å². The van der Waals surface area contributed by atoms with Crippen molar-refractivity contribution in [2.45, 2.75) is 0 Å². The van der Waals surface area contributed by atoms with Gasteiger partial charge in [-0.1, -0.05) is 18.2 Å². The Bertz CT molecular complexity index is 868. The van der Waals surface area contributed by atoms with Gasteiger partial charge in [-0.3, -0.25) is 5.41 Å². The number of amidine groups is 1. The molecular formula is C16H12N2O2S. The predicted molar refractivity (Wildman–Crippen MR) is 85.2 cm³/mol. The summed E-state index contributed by atoms with van der Waals surface area (Å²) in [6.45, 7) is 0. The summed E-state index contributed by atoms with van der Waals surface area (Å²) in [5.41, 5.74) is 7.57. The van der Waals surface area contributed by atoms with E-state index < -0.39 is 5.97 Å². The molecule has 0 fully saturated rings. The Morgan fingerprint density at radius 2 is 1.86 bits per heavy atom. The lowest BCUT2D eigenvalue weighted by Crippen LogP contribution is -2.08. The van der Waals surface area contributed by atoms with Gasteiger partial charge in [0.1, 0.15) is 5.84 Å². The molecule has 3 rings (SSSR count). The van der Waals surface area contributed by atoms with Crippen molar-refractivity contribution in [1.82, 2.24) is 0 Å². The molecular weight excluding hydrogens is 284 g/mol. The largest absolute Gasteiger partial charge is 0.478 e. The zero-order chi connectivity index (χ0) is 15.0. The maximum atomic E-state index is 11.0. The lowest BCUT2D eigenvalue weighted by molar-refractivity contribution is 0.0697. The third kappa shape index (κ3) is 2.51. The van der Waals surface area contributed by atoms with Gasteiger partial charge in [0.25, 0.3) is 0 Å². The minimum absolute atomic E-state index is 0.0608. The van der Waals surface area contributed by atoms with E-state index in [4.69, 9.17) is 16.2 Å². The van der Waals surface area contributed by atoms with Gasteiger partial charge in [-0.2, -0.15) is 0 Å². The van der Waals surface area contributed by atoms with Crippen molar-refractivity contribution in [2.75, 3.05) is 0 Å². The molecule has 4 N–H and O–H groups in total. The number of rotatable bonds is 3. The highest BCUT2D eigenvalue weighted by Crippen LogP contribution is 2.30. The summed E-state index contributed by atoms with van der Waals surface area (Å²) >= 11 is 1.47. The van der Waals surface area contributed by atoms with E-state index >= 15 is 0 Å². The van der Waals surface area contributed by atoms with Crippen molar-refractivity contribution in [3.8, 4) is 11.1 Å². The average Bonchev–Trinajstić information content (AvgIpc) is 2.90. The summed E-state index contributed by atoms with van der Waals surface area (Å²) in [7, 11) is 0. The summed E-state index contributed by atoms with van der Waals surface area (Å²) in [5.74, 6) is -0.877. The fraction of sp³-hybridized carbons (Fsp3) is 0. The second-order valence-corrected chi connectivity index (χ2v) is 5.75. The van der Waals surface area contributed by atoms with Crippen molar-refractivity contribution < 1.29 is 9.90 Å². The Balaban J connectivity index is 2.10. The van der Waals surface area contributed by atoms with Gasteiger partial charge in [-0.25, -0.2) is 4.79 Å². The number of thiophene rings is 1. The lowest BCUT2D eigenvalue weighted by Gasteiger charge is -2.03. The van der Waals surface area contributed by atoms with E-state index in [1.165, 1.54) is 11.3 Å². The first-order valence-corrected chi connectivity index (χ1v) is 7.08. The number of carboxylic acids is 1. The van der Waals surface area contributed by atoms with E-state index in [0.29, 0.717) is 0 Å². The van der Waals surface area contributed by atoms with Crippen molar-refractivity contribution in [3.05, 3.63) is 59.0 Å².